The molecule has 4 aromatic rings. The fourth-order valence-electron chi connectivity index (χ4n) is 5.28. The smallest absolute Gasteiger partial charge is 0.223 e. The van der Waals surface area contributed by atoms with E-state index in [0.717, 1.165) is 45.3 Å². The standard InChI is InChI=1S/C31H34N2O/c1-24-13-15-26(16-14-24)22-33-23-29(28-11-5-6-12-30(28)33)27(18-17-25-9-3-2-4-10-25)21-31(34)32-19-7-8-20-32/h2-6,9-16,23,27H,7-8,17-22H2,1H3/t27-/m0/s1. The molecule has 0 saturated carbocycles. The molecule has 1 aliphatic rings. The number of likely N-dealkylation sites (tertiary alicyclic amines) is 1. The molecule has 0 aliphatic carbocycles. The van der Waals surface area contributed by atoms with Crippen LogP contribution in [0.3, 0.4) is 0 Å². The van der Waals surface area contributed by atoms with Gasteiger partial charge in [-0.2, -0.15) is 0 Å². The van der Waals surface area contributed by atoms with Crippen LogP contribution >= 0.6 is 0 Å². The zero-order valence-electron chi connectivity index (χ0n) is 20.1. The van der Waals surface area contributed by atoms with Crippen molar-refractivity contribution in [3.05, 3.63) is 107 Å². The van der Waals surface area contributed by atoms with Gasteiger partial charge in [0.2, 0.25) is 5.91 Å². The molecule has 5 rings (SSSR count). The van der Waals surface area contributed by atoms with Gasteiger partial charge in [-0.15, -0.1) is 0 Å². The Morgan fingerprint density at radius 1 is 0.853 bits per heavy atom. The first-order valence-electron chi connectivity index (χ1n) is 12.6. The Kier molecular flexibility index (Phi) is 6.80. The molecule has 1 aliphatic heterocycles. The van der Waals surface area contributed by atoms with Gasteiger partial charge in [0.1, 0.15) is 0 Å². The van der Waals surface area contributed by atoms with Crippen LogP contribution in [-0.2, 0) is 17.8 Å². The second kappa shape index (κ2) is 10.3. The average Bonchev–Trinajstić information content (AvgIpc) is 3.53. The highest BCUT2D eigenvalue weighted by Crippen LogP contribution is 2.34. The molecule has 0 radical (unpaired) electrons. The molecular weight excluding hydrogens is 416 g/mol. The van der Waals surface area contributed by atoms with Gasteiger partial charge in [-0.25, -0.2) is 0 Å². The van der Waals surface area contributed by atoms with Crippen molar-refractivity contribution in [3.63, 3.8) is 0 Å². The van der Waals surface area contributed by atoms with Crippen LogP contribution in [0.4, 0.5) is 0 Å². The zero-order chi connectivity index (χ0) is 23.3. The van der Waals surface area contributed by atoms with Crippen molar-refractivity contribution in [1.82, 2.24) is 9.47 Å². The molecule has 3 aromatic carbocycles. The summed E-state index contributed by atoms with van der Waals surface area (Å²) >= 11 is 0. The number of aromatic nitrogens is 1. The Balaban J connectivity index is 1.47. The minimum Gasteiger partial charge on any atom is -0.343 e. The Morgan fingerprint density at radius 3 is 2.32 bits per heavy atom. The first kappa shape index (κ1) is 22.5. The predicted octanol–water partition coefficient (Wildman–Crippen LogP) is 6.73. The number of fused-ring (bicyclic) bond motifs is 1. The van der Waals surface area contributed by atoms with Gasteiger partial charge in [0.25, 0.3) is 0 Å². The molecule has 1 atom stereocenters. The number of carbonyl (C=O) groups excluding carboxylic acids is 1. The van der Waals surface area contributed by atoms with Crippen LogP contribution in [0.2, 0.25) is 0 Å². The molecule has 3 heteroatoms. The van der Waals surface area contributed by atoms with Crippen LogP contribution in [0, 0.1) is 6.92 Å². The number of rotatable bonds is 8. The van der Waals surface area contributed by atoms with Gasteiger partial charge in [0, 0.05) is 43.2 Å². The van der Waals surface area contributed by atoms with E-state index >= 15 is 0 Å². The molecule has 2 heterocycles. The van der Waals surface area contributed by atoms with Crippen molar-refractivity contribution in [1.29, 1.82) is 0 Å². The average molecular weight is 451 g/mol. The molecule has 1 aromatic heterocycles. The number of aryl methyl sites for hydroxylation is 2. The highest BCUT2D eigenvalue weighted by atomic mass is 16.2. The number of carbonyl (C=O) groups is 1. The summed E-state index contributed by atoms with van der Waals surface area (Å²) in [6.07, 6.45) is 7.13. The summed E-state index contributed by atoms with van der Waals surface area (Å²) in [5.41, 5.74) is 6.47. The van der Waals surface area contributed by atoms with Gasteiger partial charge in [0.15, 0.2) is 0 Å². The van der Waals surface area contributed by atoms with Gasteiger partial charge in [-0.05, 0) is 61.3 Å². The first-order valence-corrected chi connectivity index (χ1v) is 12.6. The van der Waals surface area contributed by atoms with Crippen LogP contribution in [-0.4, -0.2) is 28.5 Å². The highest BCUT2D eigenvalue weighted by molar-refractivity contribution is 5.86. The zero-order valence-corrected chi connectivity index (χ0v) is 20.1. The van der Waals surface area contributed by atoms with E-state index in [2.05, 4.69) is 101 Å². The second-order valence-electron chi connectivity index (χ2n) is 9.73. The molecule has 1 saturated heterocycles. The molecule has 0 bridgehead atoms. The molecule has 0 spiro atoms. The Bertz CT molecular complexity index is 1230. The van der Waals surface area contributed by atoms with E-state index in [1.54, 1.807) is 0 Å². The molecule has 174 valence electrons. The van der Waals surface area contributed by atoms with Gasteiger partial charge >= 0.3 is 0 Å². The first-order chi connectivity index (χ1) is 16.7. The van der Waals surface area contributed by atoms with Crippen LogP contribution in [0.25, 0.3) is 10.9 Å². The Labute approximate surface area is 203 Å². The van der Waals surface area contributed by atoms with Crippen LogP contribution in [0.1, 0.15) is 53.9 Å². The van der Waals surface area contributed by atoms with Crippen LogP contribution in [0.15, 0.2) is 85.1 Å². The van der Waals surface area contributed by atoms with Crippen molar-refractivity contribution in [3.8, 4) is 0 Å². The molecule has 0 unspecified atom stereocenters. The van der Waals surface area contributed by atoms with Gasteiger partial charge in [0.05, 0.1) is 0 Å². The van der Waals surface area contributed by atoms with Crippen molar-refractivity contribution in [2.24, 2.45) is 0 Å². The summed E-state index contributed by atoms with van der Waals surface area (Å²) in [7, 11) is 0. The maximum Gasteiger partial charge on any atom is 0.223 e. The summed E-state index contributed by atoms with van der Waals surface area (Å²) in [6.45, 7) is 4.80. The van der Waals surface area contributed by atoms with E-state index in [1.165, 1.54) is 33.2 Å². The van der Waals surface area contributed by atoms with Crippen molar-refractivity contribution >= 4 is 16.8 Å². The number of benzene rings is 3. The molecule has 1 fully saturated rings. The fraction of sp³-hybridized carbons (Fsp3) is 0.323. The molecule has 0 N–H and O–H groups in total. The molecular formula is C31H34N2O. The number of para-hydroxylation sites is 1. The summed E-state index contributed by atoms with van der Waals surface area (Å²) in [5.74, 6) is 0.517. The fourth-order valence-corrected chi connectivity index (χ4v) is 5.28. The lowest BCUT2D eigenvalue weighted by molar-refractivity contribution is -0.130. The third kappa shape index (κ3) is 5.09. The van der Waals surface area contributed by atoms with Crippen molar-refractivity contribution in [2.45, 2.75) is 51.5 Å². The van der Waals surface area contributed by atoms with E-state index in [1.807, 2.05) is 0 Å². The van der Waals surface area contributed by atoms with Gasteiger partial charge in [-0.3, -0.25) is 4.79 Å². The lowest BCUT2D eigenvalue weighted by atomic mass is 9.89. The minimum atomic E-state index is 0.206. The van der Waals surface area contributed by atoms with E-state index < -0.39 is 0 Å². The topological polar surface area (TPSA) is 25.2 Å². The Hall–Kier alpha value is -3.33. The van der Waals surface area contributed by atoms with Gasteiger partial charge in [-0.1, -0.05) is 78.4 Å². The predicted molar refractivity (Wildman–Crippen MR) is 140 cm³/mol. The van der Waals surface area contributed by atoms with Crippen LogP contribution < -0.4 is 0 Å². The summed E-state index contributed by atoms with van der Waals surface area (Å²) < 4.78 is 2.37. The van der Waals surface area contributed by atoms with E-state index in [9.17, 15) is 4.79 Å². The maximum atomic E-state index is 13.2. The quantitative estimate of drug-likeness (QED) is 0.292. The highest BCUT2D eigenvalue weighted by Gasteiger charge is 2.25. The van der Waals surface area contributed by atoms with Crippen molar-refractivity contribution in [2.75, 3.05) is 13.1 Å². The Morgan fingerprint density at radius 2 is 1.56 bits per heavy atom. The van der Waals surface area contributed by atoms with Crippen LogP contribution in [0.5, 0.6) is 0 Å². The summed E-state index contributed by atoms with van der Waals surface area (Å²) in [5, 5.41) is 1.28. The second-order valence-corrected chi connectivity index (χ2v) is 9.73. The number of nitrogens with zero attached hydrogens (tertiary/aromatic N) is 2. The number of hydrogen-bond acceptors (Lipinski definition) is 1. The number of amides is 1. The lowest BCUT2D eigenvalue weighted by Crippen LogP contribution is -2.29. The largest absolute Gasteiger partial charge is 0.343 e. The minimum absolute atomic E-state index is 0.206. The van der Waals surface area contributed by atoms with Gasteiger partial charge < -0.3 is 9.47 Å². The lowest BCUT2D eigenvalue weighted by Gasteiger charge is -2.21. The maximum absolute atomic E-state index is 13.2. The SMILES string of the molecule is Cc1ccc(Cn2cc([C@@H](CCc3ccccc3)CC(=O)N3CCCC3)c3ccccc32)cc1. The normalized spacial score (nSPS) is 14.6. The van der Waals surface area contributed by atoms with E-state index in [-0.39, 0.29) is 5.92 Å². The summed E-state index contributed by atoms with van der Waals surface area (Å²) in [4.78, 5) is 15.3. The molecule has 34 heavy (non-hydrogen) atoms. The molecule has 1 amide bonds. The monoisotopic (exact) mass is 450 g/mol. The van der Waals surface area contributed by atoms with E-state index in [0.29, 0.717) is 12.3 Å². The number of hydrogen-bond donors (Lipinski definition) is 0. The third-order valence-electron chi connectivity index (χ3n) is 7.24. The van der Waals surface area contributed by atoms with Crippen molar-refractivity contribution < 1.29 is 4.79 Å². The van der Waals surface area contributed by atoms with E-state index in [4.69, 9.17) is 0 Å². The third-order valence-corrected chi connectivity index (χ3v) is 7.24. The summed E-state index contributed by atoms with van der Waals surface area (Å²) in [6, 6.07) is 28.1. The molecule has 3 nitrogen and oxygen atoms in total.